The van der Waals surface area contributed by atoms with Crippen molar-refractivity contribution >= 4 is 245 Å². The van der Waals surface area contributed by atoms with Crippen molar-refractivity contribution in [1.82, 2.24) is 32.0 Å². The van der Waals surface area contributed by atoms with Crippen LogP contribution in [0.3, 0.4) is 0 Å². The molecule has 0 N–H and O–H groups in total. The first-order valence-corrected chi connectivity index (χ1v) is 41.7. The van der Waals surface area contributed by atoms with Crippen molar-refractivity contribution in [2.75, 3.05) is 0 Å². The Bertz CT molecular complexity index is 7450. The zero-order valence-electron chi connectivity index (χ0n) is 62.0. The molecular formula is C103H56Cl8N7. The van der Waals surface area contributed by atoms with Crippen LogP contribution in [0.15, 0.2) is 340 Å². The van der Waals surface area contributed by atoms with Crippen molar-refractivity contribution in [2.45, 2.75) is 0 Å². The highest BCUT2D eigenvalue weighted by Gasteiger charge is 2.34. The third kappa shape index (κ3) is 10.3. The summed E-state index contributed by atoms with van der Waals surface area (Å²) in [5.41, 5.74) is 23.0. The van der Waals surface area contributed by atoms with Crippen molar-refractivity contribution in [2.24, 2.45) is 0 Å². The molecule has 24 aromatic rings. The second-order valence-corrected chi connectivity index (χ2v) is 33.7. The number of fused-ring (bicyclic) bond motifs is 21. The molecule has 15 heteroatoms. The number of nitrogens with zero attached hydrogens (tertiary/aromatic N) is 7. The van der Waals surface area contributed by atoms with Gasteiger partial charge in [-0.1, -0.05) is 238 Å². The van der Waals surface area contributed by atoms with Crippen LogP contribution in [0.4, 0.5) is 0 Å². The first-order chi connectivity index (χ1) is 57.8. The standard InChI is InChI=1S/C103H56Cl8N7/c104-57-45-80(106)100(81(107)46-57)103(101-82(108)47-58(105)48-83(101)109)102-84(110)55-65(56-85(102)111)118-98-43-37-63(116-94-39-33-59(112-86-25-9-1-17-66(86)67-18-2-10-26-87(67)112)49-74(94)75-50-60(34-40-95(75)116)113-88-27-11-3-19-68(88)69-20-4-12-28-89(69)113)53-78(98)79-54-64(38-44-99(79)118)117-96-41-35-61(114-90-29-13-5-21-70(90)71-22-6-14-30-91(71)114)51-76(96)77-52-62(36-42-97(77)117)115-92-31-15-7-23-72(92)73-24-8-16-32-93(73)115/h1-56H. The SMILES string of the molecule is Clc1cc(Cl)c([C](c2c(Cl)cc(Cl)cc2Cl)c2c(Cl)cc(-n3c4ccc(-n5c6ccc(-n7c8ccccc8c8ccccc87)cc6c6cc(-n7c8ccccc8c8ccccc87)ccc65)cc4c4cc(-n5c6ccc(-n7c8ccccc8c8ccccc87)cc6c6cc(-n7c8ccccc8c8ccccc87)ccc65)ccc43)cc2Cl)c(Cl)c1. The van der Waals surface area contributed by atoms with E-state index in [4.69, 9.17) is 92.8 Å². The molecule has 24 rings (SSSR count). The van der Waals surface area contributed by atoms with Crippen LogP contribution < -0.4 is 0 Å². The number of para-hydroxylation sites is 8. The van der Waals surface area contributed by atoms with Gasteiger partial charge >= 0.3 is 0 Å². The van der Waals surface area contributed by atoms with Gasteiger partial charge in [0.15, 0.2) is 0 Å². The lowest BCUT2D eigenvalue weighted by Gasteiger charge is -2.25. The molecule has 0 aliphatic rings. The van der Waals surface area contributed by atoms with Crippen molar-refractivity contribution < 1.29 is 0 Å². The molecule has 7 heterocycles. The molecule has 0 unspecified atom stereocenters. The van der Waals surface area contributed by atoms with Crippen LogP contribution in [0.1, 0.15) is 16.7 Å². The van der Waals surface area contributed by atoms with Crippen LogP contribution in [-0.4, -0.2) is 32.0 Å². The van der Waals surface area contributed by atoms with Gasteiger partial charge < -0.3 is 32.0 Å². The van der Waals surface area contributed by atoms with Gasteiger partial charge in [0.2, 0.25) is 0 Å². The lowest BCUT2D eigenvalue weighted by atomic mass is 9.84. The minimum atomic E-state index is 0.227. The summed E-state index contributed by atoms with van der Waals surface area (Å²) in [6.45, 7) is 0. The number of hydrogen-bond acceptors (Lipinski definition) is 0. The molecule has 559 valence electrons. The summed E-state index contributed by atoms with van der Waals surface area (Å²) >= 11 is 57.8. The van der Waals surface area contributed by atoms with Gasteiger partial charge in [-0.2, -0.15) is 0 Å². The van der Waals surface area contributed by atoms with E-state index in [-0.39, 0.29) is 30.1 Å². The maximum atomic E-state index is 7.88. The lowest BCUT2D eigenvalue weighted by molar-refractivity contribution is 1.15. The minimum absolute atomic E-state index is 0.227. The summed E-state index contributed by atoms with van der Waals surface area (Å²) in [4.78, 5) is 0. The fourth-order valence-electron chi connectivity index (χ4n) is 19.3. The van der Waals surface area contributed by atoms with E-state index in [1.54, 1.807) is 24.3 Å². The number of hydrogen-bond donors (Lipinski definition) is 0. The van der Waals surface area contributed by atoms with Gasteiger partial charge in [-0.15, -0.1) is 0 Å². The van der Waals surface area contributed by atoms with E-state index in [0.717, 1.165) is 144 Å². The molecule has 0 spiro atoms. The Labute approximate surface area is 713 Å². The van der Waals surface area contributed by atoms with Crippen LogP contribution in [-0.2, 0) is 0 Å². The second kappa shape index (κ2) is 26.6. The van der Waals surface area contributed by atoms with E-state index in [9.17, 15) is 0 Å². The van der Waals surface area contributed by atoms with Gasteiger partial charge in [0, 0.05) is 172 Å². The minimum Gasteiger partial charge on any atom is -0.309 e. The summed E-state index contributed by atoms with van der Waals surface area (Å²) in [7, 11) is 0. The van der Waals surface area contributed by atoms with Crippen molar-refractivity contribution in [3.8, 4) is 39.8 Å². The summed E-state index contributed by atoms with van der Waals surface area (Å²) in [6, 6.07) is 121. The first kappa shape index (κ1) is 69.9. The number of halogens is 8. The third-order valence-corrected chi connectivity index (χ3v) is 26.3. The fourth-order valence-corrected chi connectivity index (χ4v) is 22.0. The van der Waals surface area contributed by atoms with Gasteiger partial charge in [-0.05, 0) is 194 Å². The van der Waals surface area contributed by atoms with E-state index in [1.165, 1.54) is 43.1 Å². The van der Waals surface area contributed by atoms with Crippen LogP contribution in [0.25, 0.3) is 192 Å². The Hall–Kier alpha value is -12.3. The molecule has 0 amide bonds. The highest BCUT2D eigenvalue weighted by molar-refractivity contribution is 6.43. The van der Waals surface area contributed by atoms with E-state index < -0.39 is 0 Å². The molecule has 17 aromatic carbocycles. The Morgan fingerprint density at radius 3 is 0.483 bits per heavy atom. The zero-order chi connectivity index (χ0) is 78.8. The smallest absolute Gasteiger partial charge is 0.0720 e. The van der Waals surface area contributed by atoms with Crippen LogP contribution in [0.5, 0.6) is 0 Å². The van der Waals surface area contributed by atoms with E-state index in [2.05, 4.69) is 335 Å². The van der Waals surface area contributed by atoms with E-state index in [1.807, 2.05) is 12.1 Å². The Morgan fingerprint density at radius 1 is 0.144 bits per heavy atom. The molecule has 0 aliphatic heterocycles. The summed E-state index contributed by atoms with van der Waals surface area (Å²) < 4.78 is 16.7. The monoisotopic (exact) mass is 1670 g/mol. The summed E-state index contributed by atoms with van der Waals surface area (Å²) in [5.74, 6) is 0.391. The average Bonchev–Trinajstić information content (AvgIpc) is 1.55. The zero-order valence-corrected chi connectivity index (χ0v) is 68.0. The number of aromatic nitrogens is 7. The van der Waals surface area contributed by atoms with Gasteiger partial charge in [-0.3, -0.25) is 0 Å². The highest BCUT2D eigenvalue weighted by Crippen LogP contribution is 2.52. The molecule has 0 atom stereocenters. The third-order valence-electron chi connectivity index (χ3n) is 24.1. The Kier molecular flexibility index (Phi) is 15.8. The number of rotatable bonds is 10. The second-order valence-electron chi connectivity index (χ2n) is 30.3. The molecule has 7 nitrogen and oxygen atoms in total. The molecule has 7 aromatic heterocycles. The molecule has 0 fully saturated rings. The van der Waals surface area contributed by atoms with Crippen LogP contribution in [0.2, 0.25) is 40.2 Å². The van der Waals surface area contributed by atoms with E-state index >= 15 is 0 Å². The van der Waals surface area contributed by atoms with Gasteiger partial charge in [0.05, 0.1) is 83.2 Å². The molecule has 118 heavy (non-hydrogen) atoms. The van der Waals surface area contributed by atoms with Crippen molar-refractivity contribution in [3.05, 3.63) is 403 Å². The number of benzene rings is 17. The van der Waals surface area contributed by atoms with Gasteiger partial charge in [-0.25, -0.2) is 0 Å². The van der Waals surface area contributed by atoms with Gasteiger partial charge in [0.1, 0.15) is 0 Å². The molecule has 0 aliphatic carbocycles. The largest absolute Gasteiger partial charge is 0.309 e. The van der Waals surface area contributed by atoms with E-state index in [0.29, 0.717) is 38.3 Å². The lowest BCUT2D eigenvalue weighted by Crippen LogP contribution is -2.10. The Morgan fingerprint density at radius 2 is 0.297 bits per heavy atom. The topological polar surface area (TPSA) is 34.5 Å². The highest BCUT2D eigenvalue weighted by atomic mass is 35.5. The fraction of sp³-hybridized carbons (Fsp3) is 0. The summed E-state index contributed by atoms with van der Waals surface area (Å²) in [5, 5.41) is 18.0. The molecule has 1 radical (unpaired) electrons. The quantitative estimate of drug-likeness (QED) is 0.122. The first-order valence-electron chi connectivity index (χ1n) is 38.7. The predicted octanol–water partition coefficient (Wildman–Crippen LogP) is 31.6. The maximum Gasteiger partial charge on any atom is 0.0720 e. The normalized spacial score (nSPS) is 12.3. The predicted molar refractivity (Wildman–Crippen MR) is 500 cm³/mol. The molecular weight excluding hydrogens is 1620 g/mol. The summed E-state index contributed by atoms with van der Waals surface area (Å²) in [6.07, 6.45) is 0. The maximum absolute atomic E-state index is 7.88. The molecule has 0 saturated heterocycles. The average molecular weight is 1680 g/mol. The van der Waals surface area contributed by atoms with Crippen LogP contribution in [0, 0.1) is 5.92 Å². The molecule has 0 saturated carbocycles. The van der Waals surface area contributed by atoms with Crippen molar-refractivity contribution in [1.29, 1.82) is 0 Å². The Balaban J connectivity index is 0.768. The van der Waals surface area contributed by atoms with Crippen LogP contribution >= 0.6 is 92.8 Å². The van der Waals surface area contributed by atoms with Crippen molar-refractivity contribution in [3.63, 3.8) is 0 Å². The van der Waals surface area contributed by atoms with Gasteiger partial charge in [0.25, 0.3) is 0 Å². The molecule has 0 bridgehead atoms.